The Bertz CT molecular complexity index is 963. The molecule has 5 nitrogen and oxygen atoms in total. The molecule has 134 valence electrons. The number of carbonyl (C=O) groups is 1. The van der Waals surface area contributed by atoms with Gasteiger partial charge in [-0.1, -0.05) is 24.3 Å². The van der Waals surface area contributed by atoms with Crippen LogP contribution in [-0.4, -0.2) is 17.4 Å². The lowest BCUT2D eigenvalue weighted by molar-refractivity contribution is 0.0954. The Labute approximate surface area is 156 Å². The van der Waals surface area contributed by atoms with Crippen LogP contribution in [0.4, 0.5) is 15.9 Å². The van der Waals surface area contributed by atoms with Crippen LogP contribution in [0.3, 0.4) is 0 Å². The maximum Gasteiger partial charge on any atom is 0.252 e. The van der Waals surface area contributed by atoms with Gasteiger partial charge in [0, 0.05) is 12.7 Å². The van der Waals surface area contributed by atoms with Gasteiger partial charge in [-0.25, -0.2) is 9.37 Å². The van der Waals surface area contributed by atoms with E-state index in [4.69, 9.17) is 5.26 Å². The summed E-state index contributed by atoms with van der Waals surface area (Å²) in [6.45, 7) is 0.444. The monoisotopic (exact) mass is 360 g/mol. The Morgan fingerprint density at radius 3 is 2.56 bits per heavy atom. The molecule has 2 aromatic carbocycles. The van der Waals surface area contributed by atoms with Crippen LogP contribution in [-0.2, 0) is 6.42 Å². The molecule has 3 aromatic rings. The van der Waals surface area contributed by atoms with Crippen molar-refractivity contribution in [1.82, 2.24) is 10.3 Å². The molecule has 0 aliphatic heterocycles. The zero-order chi connectivity index (χ0) is 19.1. The number of aromatic nitrogens is 1. The molecule has 0 saturated carbocycles. The van der Waals surface area contributed by atoms with E-state index in [1.807, 2.05) is 6.07 Å². The number of anilines is 2. The topological polar surface area (TPSA) is 77.8 Å². The van der Waals surface area contributed by atoms with Crippen molar-refractivity contribution in [3.63, 3.8) is 0 Å². The molecule has 1 heterocycles. The van der Waals surface area contributed by atoms with Gasteiger partial charge in [-0.3, -0.25) is 4.79 Å². The fraction of sp³-hybridized carbons (Fsp3) is 0.0952. The number of nitrogens with zero attached hydrogens (tertiary/aromatic N) is 2. The van der Waals surface area contributed by atoms with Crippen molar-refractivity contribution in [2.45, 2.75) is 6.42 Å². The summed E-state index contributed by atoms with van der Waals surface area (Å²) in [5, 5.41) is 15.0. The molecule has 1 amide bonds. The highest BCUT2D eigenvalue weighted by atomic mass is 19.1. The predicted octanol–water partition coefficient (Wildman–Crippen LogP) is 3.81. The molecule has 0 spiro atoms. The molecule has 0 aliphatic carbocycles. The lowest BCUT2D eigenvalue weighted by atomic mass is 10.1. The summed E-state index contributed by atoms with van der Waals surface area (Å²) in [5.41, 5.74) is 2.56. The number of nitriles is 1. The molecule has 0 atom stereocenters. The van der Waals surface area contributed by atoms with Crippen molar-refractivity contribution < 1.29 is 9.18 Å². The number of hydrogen-bond donors (Lipinski definition) is 2. The largest absolute Gasteiger partial charge is 0.352 e. The summed E-state index contributed by atoms with van der Waals surface area (Å²) in [4.78, 5) is 16.4. The van der Waals surface area contributed by atoms with Crippen molar-refractivity contribution in [2.24, 2.45) is 0 Å². The number of nitrogens with one attached hydrogen (secondary N) is 2. The van der Waals surface area contributed by atoms with Crippen LogP contribution in [0, 0.1) is 17.1 Å². The molecule has 0 bridgehead atoms. The summed E-state index contributed by atoms with van der Waals surface area (Å²) in [5.74, 6) is 0.0362. The van der Waals surface area contributed by atoms with Gasteiger partial charge in [-0.2, -0.15) is 5.26 Å². The second-order valence-corrected chi connectivity index (χ2v) is 5.85. The first-order chi connectivity index (χ1) is 13.2. The van der Waals surface area contributed by atoms with Gasteiger partial charge in [0.1, 0.15) is 17.7 Å². The van der Waals surface area contributed by atoms with Gasteiger partial charge < -0.3 is 10.6 Å². The summed E-state index contributed by atoms with van der Waals surface area (Å²) in [6, 6.07) is 18.8. The minimum Gasteiger partial charge on any atom is -0.352 e. The highest BCUT2D eigenvalue weighted by Gasteiger charge is 2.07. The fourth-order valence-corrected chi connectivity index (χ4v) is 2.50. The number of carbonyl (C=O) groups excluding carboxylic acids is 1. The van der Waals surface area contributed by atoms with Crippen LogP contribution >= 0.6 is 0 Å². The number of hydrogen-bond acceptors (Lipinski definition) is 4. The Morgan fingerprint density at radius 1 is 1.07 bits per heavy atom. The molecule has 2 N–H and O–H groups in total. The third kappa shape index (κ3) is 4.89. The van der Waals surface area contributed by atoms with Crippen molar-refractivity contribution in [3.05, 3.63) is 89.4 Å². The van der Waals surface area contributed by atoms with E-state index in [2.05, 4.69) is 21.7 Å². The molecule has 0 unspecified atom stereocenters. The zero-order valence-electron chi connectivity index (χ0n) is 14.4. The number of amides is 1. The van der Waals surface area contributed by atoms with Crippen LogP contribution in [0.5, 0.6) is 0 Å². The van der Waals surface area contributed by atoms with E-state index in [9.17, 15) is 9.18 Å². The first-order valence-electron chi connectivity index (χ1n) is 8.40. The van der Waals surface area contributed by atoms with E-state index in [-0.39, 0.29) is 11.7 Å². The van der Waals surface area contributed by atoms with E-state index in [1.54, 1.807) is 42.5 Å². The number of para-hydroxylation sites is 1. The molecular formula is C21H17FN4O. The molecule has 3 rings (SSSR count). The molecular weight excluding hydrogens is 343 g/mol. The van der Waals surface area contributed by atoms with Gasteiger partial charge in [0.2, 0.25) is 0 Å². The van der Waals surface area contributed by atoms with Crippen molar-refractivity contribution in [2.75, 3.05) is 11.9 Å². The van der Waals surface area contributed by atoms with Crippen LogP contribution in [0.15, 0.2) is 66.9 Å². The summed E-state index contributed by atoms with van der Waals surface area (Å²) in [6.07, 6.45) is 2.09. The lowest BCUT2D eigenvalue weighted by Crippen LogP contribution is -2.25. The first-order valence-corrected chi connectivity index (χ1v) is 8.40. The molecule has 27 heavy (non-hydrogen) atoms. The first kappa shape index (κ1) is 18.1. The lowest BCUT2D eigenvalue weighted by Gasteiger charge is -2.08. The van der Waals surface area contributed by atoms with Gasteiger partial charge >= 0.3 is 0 Å². The van der Waals surface area contributed by atoms with Crippen molar-refractivity contribution >= 4 is 17.4 Å². The third-order valence-electron chi connectivity index (χ3n) is 3.95. The SMILES string of the molecule is N#Cc1ccccc1Nc1ccc(C(=O)NCCc2ccc(F)cc2)cn1. The maximum absolute atomic E-state index is 12.9. The average Bonchev–Trinajstić information content (AvgIpc) is 2.70. The highest BCUT2D eigenvalue weighted by molar-refractivity contribution is 5.94. The summed E-state index contributed by atoms with van der Waals surface area (Å²) < 4.78 is 12.9. The van der Waals surface area contributed by atoms with Gasteiger partial charge in [-0.15, -0.1) is 0 Å². The van der Waals surface area contributed by atoms with E-state index < -0.39 is 0 Å². The maximum atomic E-state index is 12.9. The molecule has 0 fully saturated rings. The Balaban J connectivity index is 1.55. The smallest absolute Gasteiger partial charge is 0.252 e. The van der Waals surface area contributed by atoms with Crippen LogP contribution in [0.1, 0.15) is 21.5 Å². The third-order valence-corrected chi connectivity index (χ3v) is 3.95. The number of halogens is 1. The Morgan fingerprint density at radius 2 is 1.85 bits per heavy atom. The second kappa shape index (κ2) is 8.59. The summed E-state index contributed by atoms with van der Waals surface area (Å²) >= 11 is 0. The highest BCUT2D eigenvalue weighted by Crippen LogP contribution is 2.18. The summed E-state index contributed by atoms with van der Waals surface area (Å²) in [7, 11) is 0. The average molecular weight is 360 g/mol. The van der Waals surface area contributed by atoms with E-state index in [0.717, 1.165) is 5.56 Å². The number of benzene rings is 2. The minimum absolute atomic E-state index is 0.228. The van der Waals surface area contributed by atoms with Crippen LogP contribution in [0.2, 0.25) is 0 Å². The Hall–Kier alpha value is -3.72. The van der Waals surface area contributed by atoms with Crippen LogP contribution < -0.4 is 10.6 Å². The van der Waals surface area contributed by atoms with Crippen molar-refractivity contribution in [1.29, 1.82) is 5.26 Å². The van der Waals surface area contributed by atoms with Crippen molar-refractivity contribution in [3.8, 4) is 6.07 Å². The van der Waals surface area contributed by atoms with Gasteiger partial charge in [-0.05, 0) is 48.4 Å². The normalized spacial score (nSPS) is 10.1. The predicted molar refractivity (Wildman–Crippen MR) is 101 cm³/mol. The zero-order valence-corrected chi connectivity index (χ0v) is 14.4. The quantitative estimate of drug-likeness (QED) is 0.701. The second-order valence-electron chi connectivity index (χ2n) is 5.85. The number of rotatable bonds is 6. The standard InChI is InChI=1S/C21H17FN4O/c22-18-8-5-15(6-9-18)11-12-24-21(27)17-7-10-20(25-14-17)26-19-4-2-1-3-16(19)13-23/h1-10,14H,11-12H2,(H,24,27)(H,25,26). The molecule has 0 saturated heterocycles. The molecule has 0 radical (unpaired) electrons. The van der Waals surface area contributed by atoms with Gasteiger partial charge in [0.05, 0.1) is 16.8 Å². The minimum atomic E-state index is -0.278. The fourth-order valence-electron chi connectivity index (χ4n) is 2.50. The molecule has 1 aromatic heterocycles. The number of pyridine rings is 1. The van der Waals surface area contributed by atoms with Crippen LogP contribution in [0.25, 0.3) is 0 Å². The van der Waals surface area contributed by atoms with E-state index >= 15 is 0 Å². The van der Waals surface area contributed by atoms with E-state index in [1.165, 1.54) is 18.3 Å². The molecule has 6 heteroatoms. The van der Waals surface area contributed by atoms with Gasteiger partial charge in [0.15, 0.2) is 0 Å². The Kier molecular flexibility index (Phi) is 5.75. The van der Waals surface area contributed by atoms with Gasteiger partial charge in [0.25, 0.3) is 5.91 Å². The van der Waals surface area contributed by atoms with E-state index in [0.29, 0.717) is 35.6 Å². The molecule has 0 aliphatic rings.